The van der Waals surface area contributed by atoms with Crippen LogP contribution >= 0.6 is 0 Å². The Bertz CT molecular complexity index is 826. The number of anilines is 2. The van der Waals surface area contributed by atoms with Crippen LogP contribution in [0.15, 0.2) is 54.6 Å². The van der Waals surface area contributed by atoms with Gasteiger partial charge in [0.1, 0.15) is 5.75 Å². The molecule has 0 aliphatic rings. The normalized spacial score (nSPS) is 10.3. The third-order valence-corrected chi connectivity index (χ3v) is 3.36. The molecule has 0 unspecified atom stereocenters. The number of hydrogen-bond donors (Lipinski definition) is 2. The van der Waals surface area contributed by atoms with Gasteiger partial charge in [0.25, 0.3) is 5.91 Å². The second kappa shape index (κ2) is 9.76. The first-order valence-electron chi connectivity index (χ1n) is 8.12. The van der Waals surface area contributed by atoms with E-state index in [1.807, 2.05) is 0 Å². The molecule has 2 amide bonds. The summed E-state index contributed by atoms with van der Waals surface area (Å²) >= 11 is 0. The van der Waals surface area contributed by atoms with Gasteiger partial charge in [-0.1, -0.05) is 12.1 Å². The van der Waals surface area contributed by atoms with Crippen molar-refractivity contribution in [2.75, 3.05) is 24.4 Å². The first-order valence-corrected chi connectivity index (χ1v) is 8.12. The molecule has 2 rings (SSSR count). The van der Waals surface area contributed by atoms with Crippen LogP contribution in [-0.4, -0.2) is 31.5 Å². The molecule has 0 radical (unpaired) electrons. The van der Waals surface area contributed by atoms with Gasteiger partial charge in [0.15, 0.2) is 6.61 Å². The summed E-state index contributed by atoms with van der Waals surface area (Å²) < 4.78 is 9.95. The minimum Gasteiger partial charge on any atom is -0.497 e. The van der Waals surface area contributed by atoms with Crippen LogP contribution in [0.25, 0.3) is 6.08 Å². The fourth-order valence-corrected chi connectivity index (χ4v) is 2.10. The summed E-state index contributed by atoms with van der Waals surface area (Å²) in [5.74, 6) is -0.548. The number of carbonyl (C=O) groups is 3. The maximum absolute atomic E-state index is 11.8. The Morgan fingerprint density at radius 2 is 1.52 bits per heavy atom. The quantitative estimate of drug-likeness (QED) is 0.579. The molecule has 2 N–H and O–H groups in total. The van der Waals surface area contributed by atoms with Crippen LogP contribution in [0.3, 0.4) is 0 Å². The van der Waals surface area contributed by atoms with Gasteiger partial charge in [0, 0.05) is 24.4 Å². The number of methoxy groups -OCH3 is 1. The second-order valence-corrected chi connectivity index (χ2v) is 5.52. The molecule has 2 aromatic rings. The van der Waals surface area contributed by atoms with Gasteiger partial charge in [-0.25, -0.2) is 4.79 Å². The van der Waals surface area contributed by atoms with Gasteiger partial charge in [0.05, 0.1) is 7.11 Å². The van der Waals surface area contributed by atoms with Crippen molar-refractivity contribution in [3.8, 4) is 5.75 Å². The summed E-state index contributed by atoms with van der Waals surface area (Å²) in [5, 5.41) is 5.22. The maximum Gasteiger partial charge on any atom is 0.331 e. The fourth-order valence-electron chi connectivity index (χ4n) is 2.10. The van der Waals surface area contributed by atoms with Crippen LogP contribution in [0, 0.1) is 0 Å². The average Bonchev–Trinajstić information content (AvgIpc) is 2.66. The summed E-state index contributed by atoms with van der Waals surface area (Å²) in [6, 6.07) is 13.7. The van der Waals surface area contributed by atoms with Crippen LogP contribution < -0.4 is 15.4 Å². The molecule has 0 saturated heterocycles. The second-order valence-electron chi connectivity index (χ2n) is 5.52. The molecular weight excluding hydrogens is 348 g/mol. The van der Waals surface area contributed by atoms with Gasteiger partial charge in [-0.05, 0) is 48.0 Å². The lowest BCUT2D eigenvalue weighted by molar-refractivity contribution is -0.142. The minimum atomic E-state index is -0.623. The largest absolute Gasteiger partial charge is 0.497 e. The molecule has 0 heterocycles. The van der Waals surface area contributed by atoms with Gasteiger partial charge in [-0.15, -0.1) is 0 Å². The summed E-state index contributed by atoms with van der Waals surface area (Å²) in [4.78, 5) is 34.5. The predicted molar refractivity (Wildman–Crippen MR) is 102 cm³/mol. The highest BCUT2D eigenvalue weighted by Gasteiger charge is 2.06. The molecule has 2 aromatic carbocycles. The van der Waals surface area contributed by atoms with Crippen LogP contribution in [-0.2, 0) is 19.1 Å². The molecule has 0 bridgehead atoms. The van der Waals surface area contributed by atoms with E-state index in [0.717, 1.165) is 11.3 Å². The number of nitrogens with one attached hydrogen (secondary N) is 2. The summed E-state index contributed by atoms with van der Waals surface area (Å²) in [5.41, 5.74) is 1.95. The number of benzene rings is 2. The highest BCUT2D eigenvalue weighted by molar-refractivity contribution is 5.95. The van der Waals surface area contributed by atoms with Crippen LogP contribution in [0.4, 0.5) is 11.4 Å². The molecule has 27 heavy (non-hydrogen) atoms. The van der Waals surface area contributed by atoms with E-state index in [9.17, 15) is 14.4 Å². The van der Waals surface area contributed by atoms with Gasteiger partial charge < -0.3 is 20.1 Å². The van der Waals surface area contributed by atoms with Crippen molar-refractivity contribution >= 4 is 35.2 Å². The Balaban J connectivity index is 1.77. The molecule has 7 nitrogen and oxygen atoms in total. The number of rotatable bonds is 7. The van der Waals surface area contributed by atoms with Crippen LogP contribution in [0.1, 0.15) is 12.5 Å². The third-order valence-electron chi connectivity index (χ3n) is 3.36. The Hall–Kier alpha value is -3.61. The average molecular weight is 368 g/mol. The lowest BCUT2D eigenvalue weighted by Crippen LogP contribution is -2.20. The standard InChI is InChI=1S/C20H20N2O5/c1-14(23)21-16-6-8-17(9-7-16)22-19(24)13-27-20(25)12-5-15-3-10-18(26-2)11-4-15/h3-12H,13H2,1-2H3,(H,21,23)(H,22,24)/b12-5+. The van der Waals surface area contributed by atoms with E-state index < -0.39 is 18.5 Å². The zero-order valence-electron chi connectivity index (χ0n) is 15.0. The first-order chi connectivity index (χ1) is 13.0. The number of amides is 2. The molecule has 140 valence electrons. The molecule has 0 aromatic heterocycles. The highest BCUT2D eigenvalue weighted by Crippen LogP contribution is 2.14. The number of hydrogen-bond acceptors (Lipinski definition) is 5. The highest BCUT2D eigenvalue weighted by atomic mass is 16.5. The van der Waals surface area contributed by atoms with E-state index in [4.69, 9.17) is 9.47 Å². The molecule has 0 spiro atoms. The molecule has 0 atom stereocenters. The number of esters is 1. The summed E-state index contributed by atoms with van der Waals surface area (Å²) in [6.45, 7) is 1.01. The lowest BCUT2D eigenvalue weighted by Gasteiger charge is -2.07. The fraction of sp³-hybridized carbons (Fsp3) is 0.150. The van der Waals surface area contributed by atoms with Crippen LogP contribution in [0.5, 0.6) is 5.75 Å². The van der Waals surface area contributed by atoms with Crippen molar-refractivity contribution in [1.82, 2.24) is 0 Å². The number of ether oxygens (including phenoxy) is 2. The molecule has 0 fully saturated rings. The third kappa shape index (κ3) is 7.03. The lowest BCUT2D eigenvalue weighted by atomic mass is 10.2. The van der Waals surface area contributed by atoms with E-state index in [-0.39, 0.29) is 5.91 Å². The molecule has 7 heteroatoms. The van der Waals surface area contributed by atoms with E-state index in [0.29, 0.717) is 11.4 Å². The van der Waals surface area contributed by atoms with Crippen molar-refractivity contribution in [3.63, 3.8) is 0 Å². The van der Waals surface area contributed by atoms with Crippen molar-refractivity contribution < 1.29 is 23.9 Å². The summed E-state index contributed by atoms with van der Waals surface area (Å²) in [7, 11) is 1.57. The minimum absolute atomic E-state index is 0.179. The Morgan fingerprint density at radius 3 is 2.07 bits per heavy atom. The van der Waals surface area contributed by atoms with Crippen molar-refractivity contribution in [2.45, 2.75) is 6.92 Å². The van der Waals surface area contributed by atoms with Gasteiger partial charge in [-0.2, -0.15) is 0 Å². The zero-order valence-corrected chi connectivity index (χ0v) is 15.0. The van der Waals surface area contributed by atoms with Gasteiger partial charge in [-0.3, -0.25) is 9.59 Å². The smallest absolute Gasteiger partial charge is 0.331 e. The van der Waals surface area contributed by atoms with E-state index >= 15 is 0 Å². The Labute approximate surface area is 157 Å². The predicted octanol–water partition coefficient (Wildman–Crippen LogP) is 2.85. The van der Waals surface area contributed by atoms with E-state index in [2.05, 4.69) is 10.6 Å². The number of carbonyl (C=O) groups excluding carboxylic acids is 3. The molecule has 0 aliphatic heterocycles. The van der Waals surface area contributed by atoms with E-state index in [1.165, 1.54) is 13.0 Å². The Morgan fingerprint density at radius 1 is 0.926 bits per heavy atom. The monoisotopic (exact) mass is 368 g/mol. The molecule has 0 saturated carbocycles. The van der Waals surface area contributed by atoms with Crippen LogP contribution in [0.2, 0.25) is 0 Å². The molecule has 0 aliphatic carbocycles. The summed E-state index contributed by atoms with van der Waals surface area (Å²) in [6.07, 6.45) is 2.83. The first kappa shape index (κ1) is 19.7. The van der Waals surface area contributed by atoms with Gasteiger partial charge in [0.2, 0.25) is 5.91 Å². The van der Waals surface area contributed by atoms with Gasteiger partial charge >= 0.3 is 5.97 Å². The zero-order chi connectivity index (χ0) is 19.6. The van der Waals surface area contributed by atoms with Crippen molar-refractivity contribution in [3.05, 3.63) is 60.2 Å². The maximum atomic E-state index is 11.8. The van der Waals surface area contributed by atoms with Crippen molar-refractivity contribution in [1.29, 1.82) is 0 Å². The van der Waals surface area contributed by atoms with Crippen molar-refractivity contribution in [2.24, 2.45) is 0 Å². The Kier molecular flexibility index (Phi) is 7.13. The topological polar surface area (TPSA) is 93.7 Å². The van der Waals surface area contributed by atoms with E-state index in [1.54, 1.807) is 61.7 Å². The SMILES string of the molecule is COc1ccc(/C=C/C(=O)OCC(=O)Nc2ccc(NC(C)=O)cc2)cc1. The molecular formula is C20H20N2O5.